The first kappa shape index (κ1) is 28.2. The molecule has 0 bridgehead atoms. The van der Waals surface area contributed by atoms with Crippen LogP contribution in [0.25, 0.3) is 10.8 Å². The fourth-order valence-electron chi connectivity index (χ4n) is 5.76. The molecule has 0 atom stereocenters. The van der Waals surface area contributed by atoms with Crippen LogP contribution in [0.5, 0.6) is 0 Å². The summed E-state index contributed by atoms with van der Waals surface area (Å²) in [6.45, 7) is 6.42. The molecule has 0 unspecified atom stereocenters. The molecule has 8 heteroatoms. The Hall–Kier alpha value is -3.42. The largest absolute Gasteiger partial charge is 0.478 e. The van der Waals surface area contributed by atoms with Crippen molar-refractivity contribution in [1.82, 2.24) is 5.32 Å². The zero-order chi connectivity index (χ0) is 27.1. The molecule has 0 heterocycles. The molecule has 200 valence electrons. The maximum Gasteiger partial charge on any atom is 0.336 e. The standard InChI is InChI=1S/C28H36N2O5.CH2O/c1-3-17-6-10-19(11-7-17)30-26(31)20-12-13-22(28(34)35)25-23(15-14-21(24(20)25)27(32)33)29-18-8-4-16(2)5-9-18;1-2/h12-19,29H,3-11H2,1-2H3,(H,30,31)(H,32,33)(H,34,35);1H2. The summed E-state index contributed by atoms with van der Waals surface area (Å²) in [5, 5.41) is 26.9. The van der Waals surface area contributed by atoms with Gasteiger partial charge in [-0.2, -0.15) is 0 Å². The van der Waals surface area contributed by atoms with Crippen molar-refractivity contribution in [3.8, 4) is 0 Å². The molecule has 0 aliphatic heterocycles. The molecular formula is C29H38N2O6. The number of carboxylic acid groups (broad SMARTS) is 2. The highest BCUT2D eigenvalue weighted by Crippen LogP contribution is 2.36. The van der Waals surface area contributed by atoms with Crippen molar-refractivity contribution in [3.63, 3.8) is 0 Å². The number of benzene rings is 2. The van der Waals surface area contributed by atoms with Gasteiger partial charge in [-0.15, -0.1) is 0 Å². The van der Waals surface area contributed by atoms with Crippen molar-refractivity contribution < 1.29 is 29.4 Å². The monoisotopic (exact) mass is 510 g/mol. The predicted molar refractivity (Wildman–Crippen MR) is 144 cm³/mol. The molecule has 0 aromatic heterocycles. The Morgan fingerprint density at radius 3 is 1.86 bits per heavy atom. The minimum Gasteiger partial charge on any atom is -0.478 e. The molecule has 37 heavy (non-hydrogen) atoms. The molecule has 8 nitrogen and oxygen atoms in total. The molecule has 0 radical (unpaired) electrons. The lowest BCUT2D eigenvalue weighted by atomic mass is 9.84. The number of amides is 1. The number of rotatable bonds is 7. The summed E-state index contributed by atoms with van der Waals surface area (Å²) < 4.78 is 0. The van der Waals surface area contributed by atoms with Crippen molar-refractivity contribution in [2.45, 2.75) is 83.7 Å². The van der Waals surface area contributed by atoms with Crippen LogP contribution in [0.3, 0.4) is 0 Å². The van der Waals surface area contributed by atoms with Gasteiger partial charge >= 0.3 is 11.9 Å². The summed E-state index contributed by atoms with van der Waals surface area (Å²) in [5.41, 5.74) is 0.710. The first-order chi connectivity index (χ1) is 17.8. The van der Waals surface area contributed by atoms with Crippen molar-refractivity contribution in [2.75, 3.05) is 5.32 Å². The quantitative estimate of drug-likeness (QED) is 0.373. The molecule has 0 saturated heterocycles. The van der Waals surface area contributed by atoms with Gasteiger partial charge in [-0.3, -0.25) is 4.79 Å². The van der Waals surface area contributed by atoms with Crippen LogP contribution in [-0.4, -0.2) is 46.9 Å². The van der Waals surface area contributed by atoms with Crippen LogP contribution in [0.1, 0.15) is 103 Å². The van der Waals surface area contributed by atoms with E-state index >= 15 is 0 Å². The Kier molecular flexibility index (Phi) is 9.66. The minimum atomic E-state index is -1.19. The third-order valence-electron chi connectivity index (χ3n) is 8.00. The molecular weight excluding hydrogens is 472 g/mol. The van der Waals surface area contributed by atoms with E-state index in [1.54, 1.807) is 6.07 Å². The Bertz CT molecular complexity index is 1130. The van der Waals surface area contributed by atoms with Gasteiger partial charge in [0.2, 0.25) is 0 Å². The Morgan fingerprint density at radius 2 is 1.30 bits per heavy atom. The molecule has 1 amide bonds. The lowest BCUT2D eigenvalue weighted by molar-refractivity contribution is -0.0980. The van der Waals surface area contributed by atoms with Crippen molar-refractivity contribution >= 4 is 41.1 Å². The molecule has 0 spiro atoms. The number of hydrogen-bond donors (Lipinski definition) is 4. The molecule has 4 N–H and O–H groups in total. The van der Waals surface area contributed by atoms with E-state index in [1.807, 2.05) is 6.79 Å². The van der Waals surface area contributed by atoms with Crippen molar-refractivity contribution in [1.29, 1.82) is 0 Å². The van der Waals surface area contributed by atoms with Gasteiger partial charge in [-0.05, 0) is 87.5 Å². The van der Waals surface area contributed by atoms with Gasteiger partial charge in [0.1, 0.15) is 6.79 Å². The summed E-state index contributed by atoms with van der Waals surface area (Å²) in [7, 11) is 0. The lowest BCUT2D eigenvalue weighted by Crippen LogP contribution is -2.37. The molecule has 4 rings (SSSR count). The van der Waals surface area contributed by atoms with E-state index in [0.29, 0.717) is 22.9 Å². The van der Waals surface area contributed by atoms with Gasteiger partial charge in [0.25, 0.3) is 5.91 Å². The Labute approximate surface area is 217 Å². The average Bonchev–Trinajstić information content (AvgIpc) is 2.90. The molecule has 2 saturated carbocycles. The predicted octanol–water partition coefficient (Wildman–Crippen LogP) is 5.74. The summed E-state index contributed by atoms with van der Waals surface area (Å²) in [5.74, 6) is -1.33. The zero-order valence-corrected chi connectivity index (χ0v) is 21.7. The molecule has 2 aliphatic rings. The second-order valence-corrected chi connectivity index (χ2v) is 10.4. The summed E-state index contributed by atoms with van der Waals surface area (Å²) >= 11 is 0. The normalized spacial score (nSPS) is 23.4. The van der Waals surface area contributed by atoms with Gasteiger partial charge in [0, 0.05) is 34.1 Å². The van der Waals surface area contributed by atoms with Gasteiger partial charge < -0.3 is 25.6 Å². The van der Waals surface area contributed by atoms with Crippen LogP contribution in [-0.2, 0) is 4.79 Å². The van der Waals surface area contributed by atoms with E-state index in [0.717, 1.165) is 57.8 Å². The summed E-state index contributed by atoms with van der Waals surface area (Å²) in [6, 6.07) is 6.22. The fourth-order valence-corrected chi connectivity index (χ4v) is 5.76. The van der Waals surface area contributed by atoms with E-state index in [-0.39, 0.29) is 40.1 Å². The molecule has 2 aromatic rings. The van der Waals surface area contributed by atoms with Crippen LogP contribution in [0.2, 0.25) is 0 Å². The van der Waals surface area contributed by atoms with Crippen LogP contribution in [0, 0.1) is 11.8 Å². The van der Waals surface area contributed by atoms with Crippen LogP contribution in [0.4, 0.5) is 5.69 Å². The third-order valence-corrected chi connectivity index (χ3v) is 8.00. The number of anilines is 1. The highest BCUT2D eigenvalue weighted by molar-refractivity contribution is 6.21. The molecule has 2 fully saturated rings. The SMILES string of the molecule is C=O.CCC1CCC(NC(=O)c2ccc(C(=O)O)c3c(NC4CCC(C)CC4)ccc(C(=O)O)c23)CC1. The number of carboxylic acids is 2. The van der Waals surface area contributed by atoms with E-state index in [2.05, 4.69) is 24.5 Å². The average molecular weight is 511 g/mol. The third kappa shape index (κ3) is 6.48. The highest BCUT2D eigenvalue weighted by Gasteiger charge is 2.27. The number of fused-ring (bicyclic) bond motifs is 1. The van der Waals surface area contributed by atoms with Crippen LogP contribution >= 0.6 is 0 Å². The fraction of sp³-hybridized carbons (Fsp3) is 0.517. The number of carbonyl (C=O) groups excluding carboxylic acids is 2. The topological polar surface area (TPSA) is 133 Å². The van der Waals surface area contributed by atoms with Crippen LogP contribution in [0.15, 0.2) is 24.3 Å². The number of aromatic carboxylic acids is 2. The van der Waals surface area contributed by atoms with Crippen molar-refractivity contribution in [2.24, 2.45) is 11.8 Å². The molecule has 2 aromatic carbocycles. The minimum absolute atomic E-state index is 0.00483. The van der Waals surface area contributed by atoms with Gasteiger partial charge in [0.15, 0.2) is 0 Å². The first-order valence-electron chi connectivity index (χ1n) is 13.2. The second kappa shape index (κ2) is 12.7. The van der Waals surface area contributed by atoms with E-state index in [9.17, 15) is 24.6 Å². The molecule has 2 aliphatic carbocycles. The summed E-state index contributed by atoms with van der Waals surface area (Å²) in [6.07, 6.45) is 9.16. The maximum absolute atomic E-state index is 13.4. The van der Waals surface area contributed by atoms with Crippen molar-refractivity contribution in [3.05, 3.63) is 41.0 Å². The summed E-state index contributed by atoms with van der Waals surface area (Å²) in [4.78, 5) is 45.7. The Morgan fingerprint density at radius 1 is 0.784 bits per heavy atom. The lowest BCUT2D eigenvalue weighted by Gasteiger charge is -2.29. The van der Waals surface area contributed by atoms with E-state index < -0.39 is 11.9 Å². The van der Waals surface area contributed by atoms with E-state index in [1.165, 1.54) is 18.2 Å². The van der Waals surface area contributed by atoms with Crippen LogP contribution < -0.4 is 10.6 Å². The maximum atomic E-state index is 13.4. The van der Waals surface area contributed by atoms with Gasteiger partial charge in [0.05, 0.1) is 11.1 Å². The highest BCUT2D eigenvalue weighted by atomic mass is 16.4. The number of hydrogen-bond acceptors (Lipinski definition) is 5. The number of carbonyl (C=O) groups is 4. The smallest absolute Gasteiger partial charge is 0.336 e. The van der Waals surface area contributed by atoms with E-state index in [4.69, 9.17) is 4.79 Å². The Balaban J connectivity index is 0.00000186. The zero-order valence-electron chi connectivity index (χ0n) is 21.7. The van der Waals surface area contributed by atoms with Gasteiger partial charge in [-0.1, -0.05) is 20.3 Å². The second-order valence-electron chi connectivity index (χ2n) is 10.4. The first-order valence-corrected chi connectivity index (χ1v) is 13.2. The van der Waals surface area contributed by atoms with Gasteiger partial charge in [-0.25, -0.2) is 9.59 Å². The number of nitrogens with one attached hydrogen (secondary N) is 2.